The van der Waals surface area contributed by atoms with E-state index < -0.39 is 11.2 Å². The van der Waals surface area contributed by atoms with Crippen LogP contribution >= 0.6 is 0 Å². The van der Waals surface area contributed by atoms with E-state index in [1.807, 2.05) is 28.4 Å². The lowest BCUT2D eigenvalue weighted by Gasteiger charge is -2.70. The molecular weight excluding hydrogens is 438 g/mol. The minimum absolute atomic E-state index is 0.0521. The largest absolute Gasteiger partial charge is 0.396 e. The lowest BCUT2D eigenvalue weighted by molar-refractivity contribution is -0.286. The fraction of sp³-hybridized carbons (Fsp3) is 1.00. The fourth-order valence-corrected chi connectivity index (χ4v) is 11.7. The summed E-state index contributed by atoms with van der Waals surface area (Å²) in [5, 5.41) is 11.1. The van der Waals surface area contributed by atoms with Gasteiger partial charge >= 0.3 is 0 Å². The zero-order valence-corrected chi connectivity index (χ0v) is 21.2. The maximum absolute atomic E-state index is 11.1. The molecule has 13 atom stereocenters. The topological polar surface area (TPSA) is 78.9 Å². The number of aliphatic hydroxyl groups excluding tert-OH is 1. The molecule has 0 radical (unpaired) electrons. The van der Waals surface area contributed by atoms with Gasteiger partial charge in [0, 0.05) is 70.0 Å². The second-order valence-electron chi connectivity index (χ2n) is 12.2. The van der Waals surface area contributed by atoms with Crippen molar-refractivity contribution in [1.82, 2.24) is 4.90 Å². The number of hydrogen-bond acceptors (Lipinski definition) is 8. The van der Waals surface area contributed by atoms with Gasteiger partial charge in [-0.1, -0.05) is 6.92 Å². The molecule has 8 heteroatoms. The lowest BCUT2D eigenvalue weighted by atomic mass is 9.42. The van der Waals surface area contributed by atoms with Crippen molar-refractivity contribution in [2.45, 2.75) is 74.3 Å². The van der Waals surface area contributed by atoms with Crippen molar-refractivity contribution in [2.75, 3.05) is 54.9 Å². The fourth-order valence-electron chi connectivity index (χ4n) is 11.7. The molecule has 7 bridgehead atoms. The number of ether oxygens (including phenoxy) is 6. The minimum atomic E-state index is -0.648. The number of likely N-dealkylation sites (N-methyl/N-ethyl adjacent to an activating group) is 1. The zero-order chi connectivity index (χ0) is 23.7. The second kappa shape index (κ2) is 7.16. The lowest BCUT2D eigenvalue weighted by Crippen LogP contribution is -2.81. The van der Waals surface area contributed by atoms with Crippen LogP contribution in [0.4, 0.5) is 0 Å². The molecular formula is C26H41NO7. The van der Waals surface area contributed by atoms with Crippen molar-refractivity contribution in [2.24, 2.45) is 34.5 Å². The number of aliphatic hydroxyl groups is 1. The first-order valence-electron chi connectivity index (χ1n) is 13.2. The van der Waals surface area contributed by atoms with Crippen LogP contribution in [0.1, 0.15) is 32.6 Å². The molecule has 0 amide bonds. The molecule has 2 aliphatic heterocycles. The van der Waals surface area contributed by atoms with E-state index in [0.717, 1.165) is 38.8 Å². The highest BCUT2D eigenvalue weighted by Crippen LogP contribution is 2.82. The Morgan fingerprint density at radius 3 is 2.53 bits per heavy atom. The van der Waals surface area contributed by atoms with E-state index in [1.54, 1.807) is 0 Å². The van der Waals surface area contributed by atoms with Crippen LogP contribution in [0.3, 0.4) is 0 Å². The Kier molecular flexibility index (Phi) is 4.81. The molecule has 3 spiro atoms. The van der Waals surface area contributed by atoms with Crippen LogP contribution in [0.15, 0.2) is 0 Å². The molecule has 8 nitrogen and oxygen atoms in total. The number of nitrogens with zero attached hydrogens (tertiary/aromatic N) is 1. The average molecular weight is 480 g/mol. The van der Waals surface area contributed by atoms with Crippen LogP contribution in [0.25, 0.3) is 0 Å². The summed E-state index contributed by atoms with van der Waals surface area (Å²) in [6.07, 6.45) is 3.74. The van der Waals surface area contributed by atoms with E-state index in [-0.39, 0.29) is 66.5 Å². The van der Waals surface area contributed by atoms with Crippen molar-refractivity contribution in [3.05, 3.63) is 0 Å². The van der Waals surface area contributed by atoms with Gasteiger partial charge in [-0.2, -0.15) is 0 Å². The van der Waals surface area contributed by atoms with Crippen LogP contribution < -0.4 is 0 Å². The summed E-state index contributed by atoms with van der Waals surface area (Å²) in [6, 6.07) is 0.112. The molecule has 34 heavy (non-hydrogen) atoms. The Balaban J connectivity index is 1.57. The molecule has 2 saturated heterocycles. The highest BCUT2D eigenvalue weighted by molar-refractivity contribution is 5.43. The Bertz CT molecular complexity index is 859. The van der Waals surface area contributed by atoms with Crippen molar-refractivity contribution in [3.8, 4) is 0 Å². The Morgan fingerprint density at radius 2 is 1.88 bits per heavy atom. The standard InChI is InChI=1S/C26H41NO7/c1-6-27-11-23(12-28)8-7-17(30-3)25-15-9-14-16(29-2)10-24(18(15)19(14)31-4)26(22(25)27,34-13-33-24)21(32-5)20(23)25/h14-22,28H,6-13H2,1-5H3/t14-,15-,16+,17+,18-,19?,20-,21+,22+,23+,24-,25+,26?/m1/s1. The average Bonchev–Trinajstić information content (AvgIpc) is 3.44. The van der Waals surface area contributed by atoms with E-state index in [2.05, 4.69) is 11.8 Å². The van der Waals surface area contributed by atoms with Crippen molar-refractivity contribution < 1.29 is 33.5 Å². The van der Waals surface area contributed by atoms with Crippen molar-refractivity contribution >= 4 is 0 Å². The maximum atomic E-state index is 11.1. The van der Waals surface area contributed by atoms with E-state index in [1.165, 1.54) is 0 Å². The predicted octanol–water partition coefficient (Wildman–Crippen LogP) is 1.29. The second-order valence-corrected chi connectivity index (χ2v) is 12.2. The Hall–Kier alpha value is -0.320. The molecule has 0 aromatic rings. The zero-order valence-electron chi connectivity index (χ0n) is 21.2. The summed E-state index contributed by atoms with van der Waals surface area (Å²) in [6.45, 7) is 4.45. The van der Waals surface area contributed by atoms with Gasteiger partial charge in [-0.15, -0.1) is 0 Å². The highest BCUT2D eigenvalue weighted by atomic mass is 16.7. The number of likely N-dealkylation sites (tertiary alicyclic amines) is 1. The molecule has 7 aliphatic rings. The summed E-state index contributed by atoms with van der Waals surface area (Å²) < 4.78 is 39.3. The smallest absolute Gasteiger partial charge is 0.148 e. The minimum Gasteiger partial charge on any atom is -0.396 e. The van der Waals surface area contributed by atoms with Gasteiger partial charge in [0.2, 0.25) is 0 Å². The molecule has 2 unspecified atom stereocenters. The third kappa shape index (κ3) is 2.01. The van der Waals surface area contributed by atoms with Gasteiger partial charge in [0.1, 0.15) is 18.0 Å². The van der Waals surface area contributed by atoms with Crippen LogP contribution in [-0.4, -0.2) is 107 Å². The van der Waals surface area contributed by atoms with E-state index in [0.29, 0.717) is 11.8 Å². The molecule has 192 valence electrons. The third-order valence-corrected chi connectivity index (χ3v) is 12.2. The van der Waals surface area contributed by atoms with Crippen molar-refractivity contribution in [3.63, 3.8) is 0 Å². The molecule has 0 aromatic heterocycles. The first kappa shape index (κ1) is 22.8. The van der Waals surface area contributed by atoms with E-state index in [9.17, 15) is 5.11 Å². The number of methoxy groups -OCH3 is 4. The first-order chi connectivity index (χ1) is 16.5. The number of hydrogen-bond donors (Lipinski definition) is 1. The molecule has 1 N–H and O–H groups in total. The van der Waals surface area contributed by atoms with E-state index in [4.69, 9.17) is 28.4 Å². The Labute approximate surface area is 202 Å². The summed E-state index contributed by atoms with van der Waals surface area (Å²) in [5.41, 5.74) is -1.62. The SMILES string of the molecule is CCN1C[C@]2(CO)CC[C@H](OC)[C@]34[C@@H]5C[C@H]6C(OC)[C@@H]5[C@@]5(C[C@@H]6OC)OCOC5([C@@H]13)[C@@H](OC)[C@H]24. The van der Waals surface area contributed by atoms with Gasteiger partial charge < -0.3 is 33.5 Å². The van der Waals surface area contributed by atoms with Crippen LogP contribution in [0.2, 0.25) is 0 Å². The summed E-state index contributed by atoms with van der Waals surface area (Å²) in [7, 11) is 7.39. The predicted molar refractivity (Wildman–Crippen MR) is 121 cm³/mol. The van der Waals surface area contributed by atoms with Gasteiger partial charge in [0.15, 0.2) is 0 Å². The van der Waals surface area contributed by atoms with Gasteiger partial charge in [0.25, 0.3) is 0 Å². The number of fused-ring (bicyclic) bond motifs is 1. The van der Waals surface area contributed by atoms with Crippen LogP contribution in [0.5, 0.6) is 0 Å². The quantitative estimate of drug-likeness (QED) is 0.611. The molecule has 0 aromatic carbocycles. The third-order valence-electron chi connectivity index (χ3n) is 12.2. The summed E-state index contributed by atoms with van der Waals surface area (Å²) in [5.74, 6) is 0.996. The summed E-state index contributed by atoms with van der Waals surface area (Å²) >= 11 is 0. The van der Waals surface area contributed by atoms with Gasteiger partial charge in [-0.3, -0.25) is 4.90 Å². The van der Waals surface area contributed by atoms with Crippen molar-refractivity contribution in [1.29, 1.82) is 0 Å². The summed E-state index contributed by atoms with van der Waals surface area (Å²) in [4.78, 5) is 2.61. The number of rotatable bonds is 6. The normalized spacial score (nSPS) is 61.1. The molecule has 2 heterocycles. The first-order valence-corrected chi connectivity index (χ1v) is 13.2. The van der Waals surface area contributed by atoms with Gasteiger partial charge in [-0.05, 0) is 31.7 Å². The van der Waals surface area contributed by atoms with Crippen LogP contribution in [-0.2, 0) is 28.4 Å². The molecule has 7 fully saturated rings. The molecule has 5 saturated carbocycles. The monoisotopic (exact) mass is 479 g/mol. The molecule has 7 rings (SSSR count). The highest BCUT2D eigenvalue weighted by Gasteiger charge is 2.93. The van der Waals surface area contributed by atoms with E-state index >= 15 is 0 Å². The Morgan fingerprint density at radius 1 is 1.06 bits per heavy atom. The van der Waals surface area contributed by atoms with Gasteiger partial charge in [0.05, 0.1) is 37.1 Å². The van der Waals surface area contributed by atoms with Gasteiger partial charge in [-0.25, -0.2) is 0 Å². The van der Waals surface area contributed by atoms with Crippen LogP contribution in [0, 0.1) is 34.5 Å². The maximum Gasteiger partial charge on any atom is 0.148 e. The number of piperidine rings is 1. The molecule has 5 aliphatic carbocycles.